The first-order valence-corrected chi connectivity index (χ1v) is 6.86. The van der Waals surface area contributed by atoms with Gasteiger partial charge in [-0.3, -0.25) is 4.90 Å². The van der Waals surface area contributed by atoms with Gasteiger partial charge in [0.2, 0.25) is 0 Å². The average molecular weight is 283 g/mol. The van der Waals surface area contributed by atoms with E-state index >= 15 is 0 Å². The Morgan fingerprint density at radius 1 is 1.35 bits per heavy atom. The molecule has 1 aliphatic rings. The summed E-state index contributed by atoms with van der Waals surface area (Å²) in [7, 11) is 0. The largest absolute Gasteiger partial charge is 0.462 e. The van der Waals surface area contributed by atoms with Crippen LogP contribution in [0.25, 0.3) is 0 Å². The topological polar surface area (TPSA) is 29.5 Å². The van der Waals surface area contributed by atoms with Crippen molar-refractivity contribution in [3.05, 3.63) is 35.9 Å². The van der Waals surface area contributed by atoms with Crippen molar-refractivity contribution < 1.29 is 18.3 Å². The Kier molecular flexibility index (Phi) is 4.70. The van der Waals surface area contributed by atoms with Gasteiger partial charge in [-0.1, -0.05) is 30.3 Å². The van der Waals surface area contributed by atoms with Gasteiger partial charge in [-0.25, -0.2) is 4.79 Å². The van der Waals surface area contributed by atoms with E-state index in [9.17, 15) is 13.6 Å². The number of hydrogen-bond donors (Lipinski definition) is 0. The quantitative estimate of drug-likeness (QED) is 0.721. The fourth-order valence-electron chi connectivity index (χ4n) is 2.13. The van der Waals surface area contributed by atoms with Gasteiger partial charge in [0.05, 0.1) is 13.2 Å². The number of benzene rings is 1. The molecule has 0 aromatic heterocycles. The maximum atomic E-state index is 13.8. The lowest BCUT2D eigenvalue weighted by Crippen LogP contribution is -2.44. The van der Waals surface area contributed by atoms with Gasteiger partial charge in [-0.2, -0.15) is 8.78 Å². The number of ether oxygens (including phenoxy) is 1. The molecule has 5 heteroatoms. The Bertz CT molecular complexity index is 446. The lowest BCUT2D eigenvalue weighted by Gasteiger charge is -2.26. The molecular weight excluding hydrogens is 264 g/mol. The number of nitrogens with zero attached hydrogens (tertiary/aromatic N) is 1. The molecule has 0 amide bonds. The molecule has 0 radical (unpaired) electrons. The van der Waals surface area contributed by atoms with Crippen LogP contribution < -0.4 is 0 Å². The molecule has 0 heterocycles. The highest BCUT2D eigenvalue weighted by atomic mass is 19.3. The lowest BCUT2D eigenvalue weighted by molar-refractivity contribution is -0.174. The van der Waals surface area contributed by atoms with Crippen LogP contribution in [0.4, 0.5) is 8.78 Å². The van der Waals surface area contributed by atoms with E-state index in [4.69, 9.17) is 0 Å². The highest BCUT2D eigenvalue weighted by molar-refractivity contribution is 5.77. The summed E-state index contributed by atoms with van der Waals surface area (Å²) < 4.78 is 32.1. The maximum Gasteiger partial charge on any atom is 0.378 e. The van der Waals surface area contributed by atoms with Gasteiger partial charge in [0.25, 0.3) is 0 Å². The molecule has 0 saturated heterocycles. The highest BCUT2D eigenvalue weighted by Gasteiger charge is 2.45. The standard InChI is InChI=1S/C15H19F2NO2/c1-2-20-14(19)15(16,17)11-18(13-8-9-13)10-12-6-4-3-5-7-12/h3-7,13H,2,8-11H2,1H3. The van der Waals surface area contributed by atoms with Crippen LogP contribution in [0.5, 0.6) is 0 Å². The fourth-order valence-corrected chi connectivity index (χ4v) is 2.13. The fraction of sp³-hybridized carbons (Fsp3) is 0.533. The van der Waals surface area contributed by atoms with Crippen molar-refractivity contribution in [2.24, 2.45) is 0 Å². The van der Waals surface area contributed by atoms with Crippen LogP contribution in [-0.2, 0) is 16.1 Å². The van der Waals surface area contributed by atoms with E-state index in [1.807, 2.05) is 30.3 Å². The van der Waals surface area contributed by atoms with Crippen molar-refractivity contribution in [1.82, 2.24) is 4.90 Å². The summed E-state index contributed by atoms with van der Waals surface area (Å²) in [4.78, 5) is 13.0. The third-order valence-electron chi connectivity index (χ3n) is 3.27. The van der Waals surface area contributed by atoms with E-state index in [2.05, 4.69) is 4.74 Å². The van der Waals surface area contributed by atoms with Crippen LogP contribution in [0, 0.1) is 0 Å². The van der Waals surface area contributed by atoms with Crippen molar-refractivity contribution in [1.29, 1.82) is 0 Å². The minimum Gasteiger partial charge on any atom is -0.462 e. The average Bonchev–Trinajstić information content (AvgIpc) is 3.23. The monoisotopic (exact) mass is 283 g/mol. The number of rotatable bonds is 7. The maximum absolute atomic E-state index is 13.8. The van der Waals surface area contributed by atoms with Crippen LogP contribution in [0.15, 0.2) is 30.3 Å². The van der Waals surface area contributed by atoms with Crippen molar-refractivity contribution in [3.8, 4) is 0 Å². The van der Waals surface area contributed by atoms with Gasteiger partial charge < -0.3 is 4.74 Å². The van der Waals surface area contributed by atoms with Crippen molar-refractivity contribution >= 4 is 5.97 Å². The number of esters is 1. The molecule has 1 fully saturated rings. The molecule has 0 N–H and O–H groups in total. The minimum absolute atomic E-state index is 0.0312. The van der Waals surface area contributed by atoms with Crippen LogP contribution >= 0.6 is 0 Å². The number of alkyl halides is 2. The summed E-state index contributed by atoms with van der Waals surface area (Å²) in [5, 5.41) is 0. The van der Waals surface area contributed by atoms with Crippen molar-refractivity contribution in [2.45, 2.75) is 38.3 Å². The van der Waals surface area contributed by atoms with E-state index in [-0.39, 0.29) is 12.6 Å². The number of carbonyl (C=O) groups is 1. The number of hydrogen-bond acceptors (Lipinski definition) is 3. The third kappa shape index (κ3) is 4.00. The molecule has 0 aliphatic heterocycles. The molecule has 1 aromatic rings. The molecule has 110 valence electrons. The van der Waals surface area contributed by atoms with E-state index < -0.39 is 18.4 Å². The van der Waals surface area contributed by atoms with Crippen LogP contribution in [0.2, 0.25) is 0 Å². The summed E-state index contributed by atoms with van der Waals surface area (Å²) in [6.45, 7) is 1.35. The molecule has 0 bridgehead atoms. The Labute approximate surface area is 117 Å². The zero-order valence-electron chi connectivity index (χ0n) is 11.5. The minimum atomic E-state index is -3.45. The first-order valence-electron chi connectivity index (χ1n) is 6.86. The van der Waals surface area contributed by atoms with Gasteiger partial charge >= 0.3 is 11.9 Å². The van der Waals surface area contributed by atoms with Gasteiger partial charge in [0.15, 0.2) is 0 Å². The smallest absolute Gasteiger partial charge is 0.378 e. The molecular formula is C15H19F2NO2. The molecule has 1 aromatic carbocycles. The predicted molar refractivity (Wildman–Crippen MR) is 71.5 cm³/mol. The molecule has 0 atom stereocenters. The summed E-state index contributed by atoms with van der Waals surface area (Å²) in [5.41, 5.74) is 0.971. The molecule has 20 heavy (non-hydrogen) atoms. The molecule has 1 aliphatic carbocycles. The Hall–Kier alpha value is -1.49. The summed E-state index contributed by atoms with van der Waals surface area (Å²) in [6, 6.07) is 9.59. The van der Waals surface area contributed by atoms with E-state index in [1.165, 1.54) is 6.92 Å². The first kappa shape index (κ1) is 14.9. The lowest BCUT2D eigenvalue weighted by atomic mass is 10.2. The Morgan fingerprint density at radius 3 is 2.55 bits per heavy atom. The van der Waals surface area contributed by atoms with Crippen LogP contribution in [0.1, 0.15) is 25.3 Å². The van der Waals surface area contributed by atoms with Crippen LogP contribution in [0.3, 0.4) is 0 Å². The molecule has 1 saturated carbocycles. The van der Waals surface area contributed by atoms with E-state index in [1.54, 1.807) is 4.90 Å². The molecule has 0 spiro atoms. The zero-order valence-corrected chi connectivity index (χ0v) is 11.5. The molecule has 0 unspecified atom stereocenters. The Morgan fingerprint density at radius 2 is 2.00 bits per heavy atom. The summed E-state index contributed by atoms with van der Waals surface area (Å²) >= 11 is 0. The van der Waals surface area contributed by atoms with E-state index in [0.29, 0.717) is 6.54 Å². The zero-order chi connectivity index (χ0) is 14.6. The molecule has 3 nitrogen and oxygen atoms in total. The summed E-state index contributed by atoms with van der Waals surface area (Å²) in [5.74, 6) is -4.88. The molecule has 2 rings (SSSR count). The second kappa shape index (κ2) is 6.31. The van der Waals surface area contributed by atoms with Gasteiger partial charge in [-0.15, -0.1) is 0 Å². The normalized spacial score (nSPS) is 15.4. The number of halogens is 2. The summed E-state index contributed by atoms with van der Waals surface area (Å²) in [6.07, 6.45) is 1.82. The van der Waals surface area contributed by atoms with Gasteiger partial charge in [-0.05, 0) is 25.3 Å². The van der Waals surface area contributed by atoms with Crippen molar-refractivity contribution in [3.63, 3.8) is 0 Å². The second-order valence-corrected chi connectivity index (χ2v) is 5.05. The van der Waals surface area contributed by atoms with Crippen LogP contribution in [-0.4, -0.2) is 36.0 Å². The number of carbonyl (C=O) groups excluding carboxylic acids is 1. The SMILES string of the molecule is CCOC(=O)C(F)(F)CN(Cc1ccccc1)C1CC1. The first-order chi connectivity index (χ1) is 9.53. The highest BCUT2D eigenvalue weighted by Crippen LogP contribution is 2.31. The predicted octanol–water partition coefficient (Wildman–Crippen LogP) is 2.85. The van der Waals surface area contributed by atoms with Gasteiger partial charge in [0.1, 0.15) is 0 Å². The van der Waals surface area contributed by atoms with Gasteiger partial charge in [0, 0.05) is 12.6 Å². The second-order valence-electron chi connectivity index (χ2n) is 5.05. The third-order valence-corrected chi connectivity index (χ3v) is 3.27. The van der Waals surface area contributed by atoms with Crippen molar-refractivity contribution in [2.75, 3.05) is 13.2 Å². The Balaban J connectivity index is 2.00. The van der Waals surface area contributed by atoms with E-state index in [0.717, 1.165) is 18.4 Å².